The number of allylic oxidation sites excluding steroid dienone is 1. The number of methoxy groups -OCH3 is 1. The summed E-state index contributed by atoms with van der Waals surface area (Å²) in [5.74, 6) is 2.29. The molecule has 5 nitrogen and oxygen atoms in total. The Balaban J connectivity index is 1.41. The third kappa shape index (κ3) is 3.76. The molecule has 0 amide bonds. The van der Waals surface area contributed by atoms with E-state index < -0.39 is 0 Å². The highest BCUT2D eigenvalue weighted by atomic mass is 16.5. The predicted octanol–water partition coefficient (Wildman–Crippen LogP) is 6.17. The van der Waals surface area contributed by atoms with E-state index in [1.54, 1.807) is 13.2 Å². The second-order valence-corrected chi connectivity index (χ2v) is 8.03. The van der Waals surface area contributed by atoms with Crippen LogP contribution in [0.2, 0.25) is 0 Å². The number of hydrogen-bond donors (Lipinski definition) is 0. The molecule has 1 aliphatic rings. The van der Waals surface area contributed by atoms with E-state index in [0.29, 0.717) is 29.4 Å². The fraction of sp³-hybridized carbons (Fsp3) is 0.179. The zero-order chi connectivity index (χ0) is 22.9. The van der Waals surface area contributed by atoms with Crippen molar-refractivity contribution < 1.29 is 19.0 Å². The van der Waals surface area contributed by atoms with Gasteiger partial charge < -0.3 is 18.8 Å². The van der Waals surface area contributed by atoms with Gasteiger partial charge in [0, 0.05) is 34.8 Å². The van der Waals surface area contributed by atoms with E-state index in [1.807, 2.05) is 55.5 Å². The van der Waals surface area contributed by atoms with Crippen LogP contribution in [0.4, 0.5) is 0 Å². The molecule has 0 unspecified atom stereocenters. The first-order chi connectivity index (χ1) is 16.1. The lowest BCUT2D eigenvalue weighted by Crippen LogP contribution is -1.98. The van der Waals surface area contributed by atoms with Crippen molar-refractivity contribution >= 4 is 22.8 Å². The van der Waals surface area contributed by atoms with Gasteiger partial charge in [-0.2, -0.15) is 0 Å². The minimum Gasteiger partial charge on any atom is -0.497 e. The molecule has 0 spiro atoms. The SMILES string of the molecule is CCn1cc(/C=C2\Oc3c(ccc(OCc4ccc(OC)cc4)c3C)C2=O)c2ccccc21. The number of rotatable bonds is 6. The molecule has 5 heteroatoms. The molecule has 4 aromatic rings. The molecule has 0 bridgehead atoms. The minimum absolute atomic E-state index is 0.108. The van der Waals surface area contributed by atoms with Gasteiger partial charge in [0.05, 0.1) is 12.7 Å². The van der Waals surface area contributed by atoms with Crippen molar-refractivity contribution in [3.05, 3.63) is 94.9 Å². The van der Waals surface area contributed by atoms with Crippen molar-refractivity contribution in [1.82, 2.24) is 4.57 Å². The molecule has 166 valence electrons. The topological polar surface area (TPSA) is 49.7 Å². The van der Waals surface area contributed by atoms with E-state index in [9.17, 15) is 4.79 Å². The van der Waals surface area contributed by atoms with E-state index in [1.165, 1.54) is 0 Å². The number of ether oxygens (including phenoxy) is 3. The number of carbonyl (C=O) groups is 1. The zero-order valence-corrected chi connectivity index (χ0v) is 18.9. The molecule has 5 rings (SSSR count). The molecule has 0 saturated heterocycles. The predicted molar refractivity (Wildman–Crippen MR) is 129 cm³/mol. The third-order valence-electron chi connectivity index (χ3n) is 6.04. The number of ketones is 1. The first-order valence-corrected chi connectivity index (χ1v) is 11.0. The Hall–Kier alpha value is -3.99. The van der Waals surface area contributed by atoms with Gasteiger partial charge in [-0.15, -0.1) is 0 Å². The Kier molecular flexibility index (Phi) is 5.38. The molecule has 1 aromatic heterocycles. The number of nitrogens with zero attached hydrogens (tertiary/aromatic N) is 1. The van der Waals surface area contributed by atoms with Crippen molar-refractivity contribution in [2.75, 3.05) is 7.11 Å². The number of aromatic nitrogens is 1. The summed E-state index contributed by atoms with van der Waals surface area (Å²) in [6, 6.07) is 19.5. The standard InChI is InChI=1S/C28H25NO4/c1-4-29-16-20(22-7-5-6-8-24(22)29)15-26-27(30)23-13-14-25(18(2)28(23)33-26)32-17-19-9-11-21(31-3)12-10-19/h5-16H,4,17H2,1-3H3/b26-15-. The Bertz CT molecular complexity index is 1380. The van der Waals surface area contributed by atoms with E-state index in [0.717, 1.165) is 39.9 Å². The summed E-state index contributed by atoms with van der Waals surface area (Å²) in [7, 11) is 1.64. The highest BCUT2D eigenvalue weighted by Gasteiger charge is 2.30. The number of carbonyl (C=O) groups excluding carboxylic acids is 1. The summed E-state index contributed by atoms with van der Waals surface area (Å²) in [5.41, 5.74) is 4.52. The largest absolute Gasteiger partial charge is 0.497 e. The molecule has 0 aliphatic carbocycles. The second kappa shape index (κ2) is 8.51. The summed E-state index contributed by atoms with van der Waals surface area (Å²) in [6.45, 7) is 5.29. The molecular weight excluding hydrogens is 414 g/mol. The number of benzene rings is 3. The quantitative estimate of drug-likeness (QED) is 0.337. The van der Waals surface area contributed by atoms with Crippen LogP contribution in [0.15, 0.2) is 72.6 Å². The molecule has 0 saturated carbocycles. The van der Waals surface area contributed by atoms with E-state index in [2.05, 4.69) is 29.8 Å². The van der Waals surface area contributed by atoms with Gasteiger partial charge in [-0.1, -0.05) is 30.3 Å². The number of fused-ring (bicyclic) bond motifs is 2. The molecule has 0 fully saturated rings. The molecule has 3 aromatic carbocycles. The minimum atomic E-state index is -0.108. The Morgan fingerprint density at radius 3 is 2.58 bits per heavy atom. The van der Waals surface area contributed by atoms with Gasteiger partial charge in [0.1, 0.15) is 23.9 Å². The molecule has 0 radical (unpaired) electrons. The van der Waals surface area contributed by atoms with Crippen molar-refractivity contribution in [3.8, 4) is 17.2 Å². The van der Waals surface area contributed by atoms with Gasteiger partial charge in [0.25, 0.3) is 0 Å². The van der Waals surface area contributed by atoms with Gasteiger partial charge >= 0.3 is 0 Å². The summed E-state index contributed by atoms with van der Waals surface area (Å²) in [5, 5.41) is 1.10. The maximum absolute atomic E-state index is 13.1. The number of hydrogen-bond acceptors (Lipinski definition) is 4. The van der Waals surface area contributed by atoms with Crippen molar-refractivity contribution in [3.63, 3.8) is 0 Å². The molecule has 0 atom stereocenters. The van der Waals surface area contributed by atoms with E-state index >= 15 is 0 Å². The third-order valence-corrected chi connectivity index (χ3v) is 6.04. The average molecular weight is 440 g/mol. The first kappa shape index (κ1) is 20.9. The summed E-state index contributed by atoms with van der Waals surface area (Å²) >= 11 is 0. The van der Waals surface area contributed by atoms with Crippen LogP contribution in [0, 0.1) is 6.92 Å². The Morgan fingerprint density at radius 2 is 1.82 bits per heavy atom. The van der Waals surface area contributed by atoms with Crippen LogP contribution in [0.3, 0.4) is 0 Å². The van der Waals surface area contributed by atoms with Crippen molar-refractivity contribution in [2.24, 2.45) is 0 Å². The van der Waals surface area contributed by atoms with Crippen LogP contribution < -0.4 is 14.2 Å². The summed E-state index contributed by atoms with van der Waals surface area (Å²) < 4.78 is 19.5. The number of para-hydroxylation sites is 1. The van der Waals surface area contributed by atoms with Gasteiger partial charge in [0.15, 0.2) is 5.76 Å². The van der Waals surface area contributed by atoms with Crippen molar-refractivity contribution in [1.29, 1.82) is 0 Å². The molecule has 33 heavy (non-hydrogen) atoms. The second-order valence-electron chi connectivity index (χ2n) is 8.03. The van der Waals surface area contributed by atoms with Crippen molar-refractivity contribution in [2.45, 2.75) is 27.0 Å². The number of aryl methyl sites for hydroxylation is 1. The Labute approximate surface area is 192 Å². The average Bonchev–Trinajstić information content (AvgIpc) is 3.37. The molecule has 0 N–H and O–H groups in total. The molecule has 2 heterocycles. The van der Waals surface area contributed by atoms with Crippen LogP contribution in [0.1, 0.15) is 34.0 Å². The Morgan fingerprint density at radius 1 is 1.03 bits per heavy atom. The fourth-order valence-corrected chi connectivity index (χ4v) is 4.20. The van der Waals surface area contributed by atoms with Gasteiger partial charge in [-0.05, 0) is 55.8 Å². The lowest BCUT2D eigenvalue weighted by Gasteiger charge is -2.12. The maximum atomic E-state index is 13.1. The monoisotopic (exact) mass is 439 g/mol. The smallest absolute Gasteiger partial charge is 0.231 e. The molecular formula is C28H25NO4. The first-order valence-electron chi connectivity index (χ1n) is 11.0. The lowest BCUT2D eigenvalue weighted by molar-refractivity contribution is 0.101. The highest BCUT2D eigenvalue weighted by Crippen LogP contribution is 2.40. The zero-order valence-electron chi connectivity index (χ0n) is 18.9. The van der Waals surface area contributed by atoms with Gasteiger partial charge in [0.2, 0.25) is 5.78 Å². The van der Waals surface area contributed by atoms with E-state index in [4.69, 9.17) is 14.2 Å². The summed E-state index contributed by atoms with van der Waals surface area (Å²) in [6.07, 6.45) is 3.90. The highest BCUT2D eigenvalue weighted by molar-refractivity contribution is 6.15. The number of Topliss-reactive ketones (excluding diaryl/α,β-unsaturated/α-hetero) is 1. The normalized spacial score (nSPS) is 13.9. The van der Waals surface area contributed by atoms with Crippen LogP contribution in [0.5, 0.6) is 17.2 Å². The van der Waals surface area contributed by atoms with Gasteiger partial charge in [-0.25, -0.2) is 0 Å². The fourth-order valence-electron chi connectivity index (χ4n) is 4.20. The lowest BCUT2D eigenvalue weighted by atomic mass is 10.1. The summed E-state index contributed by atoms with van der Waals surface area (Å²) in [4.78, 5) is 13.1. The van der Waals surface area contributed by atoms with Crippen LogP contribution in [0.25, 0.3) is 17.0 Å². The van der Waals surface area contributed by atoms with Crippen LogP contribution in [-0.2, 0) is 13.2 Å². The van der Waals surface area contributed by atoms with Crippen LogP contribution in [-0.4, -0.2) is 17.5 Å². The van der Waals surface area contributed by atoms with E-state index in [-0.39, 0.29) is 5.78 Å². The molecule has 1 aliphatic heterocycles. The van der Waals surface area contributed by atoms with Gasteiger partial charge in [-0.3, -0.25) is 4.79 Å². The van der Waals surface area contributed by atoms with Crippen LogP contribution >= 0.6 is 0 Å². The maximum Gasteiger partial charge on any atom is 0.231 e.